The van der Waals surface area contributed by atoms with Crippen LogP contribution >= 0.6 is 0 Å². The number of fused-ring (bicyclic) bond motifs is 1. The first-order valence-electron chi connectivity index (χ1n) is 9.31. The Hall–Kier alpha value is -4.08. The summed E-state index contributed by atoms with van der Waals surface area (Å²) in [6, 6.07) is 9.26. The zero-order valence-electron chi connectivity index (χ0n) is 16.4. The van der Waals surface area contributed by atoms with Gasteiger partial charge in [0.15, 0.2) is 0 Å². The number of carbonyl (C=O) groups is 1. The van der Waals surface area contributed by atoms with Crippen LogP contribution in [0, 0.1) is 28.7 Å². The molecule has 10 heteroatoms. The van der Waals surface area contributed by atoms with Crippen LogP contribution in [0.25, 0.3) is 10.9 Å². The molecule has 8 nitrogen and oxygen atoms in total. The minimum Gasteiger partial charge on any atom is -0.338 e. The number of amides is 1. The molecule has 2 aromatic carbocycles. The van der Waals surface area contributed by atoms with Crippen LogP contribution in [0.3, 0.4) is 0 Å². The molecule has 31 heavy (non-hydrogen) atoms. The van der Waals surface area contributed by atoms with Gasteiger partial charge in [-0.15, -0.1) is 0 Å². The van der Waals surface area contributed by atoms with Crippen molar-refractivity contribution in [1.82, 2.24) is 14.3 Å². The monoisotopic (exact) mass is 425 g/mol. The normalized spacial score (nSPS) is 11.1. The van der Waals surface area contributed by atoms with Crippen molar-refractivity contribution in [3.63, 3.8) is 0 Å². The van der Waals surface area contributed by atoms with E-state index in [-0.39, 0.29) is 30.2 Å². The minimum absolute atomic E-state index is 0.0289. The number of aromatic nitrogens is 3. The molecule has 2 heterocycles. The molecule has 4 aromatic rings. The number of rotatable bonds is 6. The molecule has 0 bridgehead atoms. The Morgan fingerprint density at radius 2 is 2.00 bits per heavy atom. The van der Waals surface area contributed by atoms with Gasteiger partial charge in [-0.25, -0.2) is 13.5 Å². The predicted octanol–water partition coefficient (Wildman–Crippen LogP) is 4.02. The van der Waals surface area contributed by atoms with Crippen LogP contribution in [0.2, 0.25) is 0 Å². The number of carbonyl (C=O) groups excluding carboxylic acids is 1. The van der Waals surface area contributed by atoms with Crippen molar-refractivity contribution in [1.29, 1.82) is 0 Å². The van der Waals surface area contributed by atoms with E-state index in [0.29, 0.717) is 22.3 Å². The summed E-state index contributed by atoms with van der Waals surface area (Å²) in [7, 11) is 0. The van der Waals surface area contributed by atoms with Crippen LogP contribution in [0.5, 0.6) is 0 Å². The zero-order chi connectivity index (χ0) is 22.1. The zero-order valence-corrected chi connectivity index (χ0v) is 16.4. The molecule has 0 fully saturated rings. The number of nitro benzene ring substituents is 1. The third-order valence-electron chi connectivity index (χ3n) is 4.89. The van der Waals surface area contributed by atoms with Crippen LogP contribution in [0.4, 0.5) is 20.3 Å². The lowest BCUT2D eigenvalue weighted by atomic mass is 10.2. The Morgan fingerprint density at radius 3 is 2.77 bits per heavy atom. The second kappa shape index (κ2) is 7.98. The Labute approximate surface area is 174 Å². The molecule has 1 N–H and O–H groups in total. The average molecular weight is 425 g/mol. The third kappa shape index (κ3) is 4.13. The molecule has 0 saturated carbocycles. The first kappa shape index (κ1) is 20.2. The fraction of sp³-hybridized carbons (Fsp3) is 0.143. The molecule has 0 spiro atoms. The maximum atomic E-state index is 14.0. The predicted molar refractivity (Wildman–Crippen MR) is 110 cm³/mol. The Balaban J connectivity index is 1.53. The molecule has 4 rings (SSSR count). The van der Waals surface area contributed by atoms with Crippen molar-refractivity contribution in [3.8, 4) is 0 Å². The maximum Gasteiger partial charge on any atom is 0.270 e. The van der Waals surface area contributed by atoms with E-state index in [4.69, 9.17) is 0 Å². The summed E-state index contributed by atoms with van der Waals surface area (Å²) in [5.74, 6) is -1.12. The highest BCUT2D eigenvalue weighted by Crippen LogP contribution is 2.23. The van der Waals surface area contributed by atoms with Crippen molar-refractivity contribution in [3.05, 3.63) is 87.7 Å². The summed E-state index contributed by atoms with van der Waals surface area (Å²) in [4.78, 5) is 23.1. The van der Waals surface area contributed by atoms with Gasteiger partial charge in [0, 0.05) is 40.4 Å². The molecule has 0 aliphatic heterocycles. The first-order valence-corrected chi connectivity index (χ1v) is 9.31. The van der Waals surface area contributed by atoms with Crippen LogP contribution in [0.1, 0.15) is 11.1 Å². The fourth-order valence-corrected chi connectivity index (χ4v) is 3.35. The number of nitro groups is 1. The quantitative estimate of drug-likeness (QED) is 0.373. The van der Waals surface area contributed by atoms with E-state index >= 15 is 0 Å². The van der Waals surface area contributed by atoms with E-state index in [1.165, 1.54) is 23.0 Å². The lowest BCUT2D eigenvalue weighted by molar-refractivity contribution is -0.384. The Morgan fingerprint density at radius 1 is 1.19 bits per heavy atom. The lowest BCUT2D eigenvalue weighted by Crippen LogP contribution is -2.21. The van der Waals surface area contributed by atoms with E-state index in [9.17, 15) is 23.7 Å². The van der Waals surface area contributed by atoms with Crippen LogP contribution in [-0.4, -0.2) is 25.2 Å². The molecule has 0 aliphatic rings. The highest BCUT2D eigenvalue weighted by atomic mass is 19.1. The van der Waals surface area contributed by atoms with Crippen molar-refractivity contribution in [2.75, 3.05) is 5.32 Å². The SMILES string of the molecule is Cc1cnn(Cc2cc(F)ccc2F)c1NC(=O)Cn1ccc2cc([N+](=O)[O-])ccc21. The number of non-ortho nitro benzene ring substituents is 1. The van der Waals surface area contributed by atoms with Crippen LogP contribution in [-0.2, 0) is 17.9 Å². The van der Waals surface area contributed by atoms with Gasteiger partial charge in [-0.2, -0.15) is 5.10 Å². The molecule has 0 atom stereocenters. The standard InChI is InChI=1S/C21H17F2N5O3/c1-13-10-24-27(11-15-8-16(22)2-4-18(15)23)21(13)25-20(29)12-26-7-6-14-9-17(28(30)31)3-5-19(14)26/h2-10H,11-12H2,1H3,(H,25,29). The van der Waals surface area contributed by atoms with Gasteiger partial charge in [0.2, 0.25) is 5.91 Å². The molecule has 2 aromatic heterocycles. The summed E-state index contributed by atoms with van der Waals surface area (Å²) in [5.41, 5.74) is 1.42. The largest absolute Gasteiger partial charge is 0.338 e. The number of halogens is 2. The Kier molecular flexibility index (Phi) is 5.20. The first-order chi connectivity index (χ1) is 14.8. The topological polar surface area (TPSA) is 95.0 Å². The summed E-state index contributed by atoms with van der Waals surface area (Å²) >= 11 is 0. The number of hydrogen-bond donors (Lipinski definition) is 1. The van der Waals surface area contributed by atoms with Crippen molar-refractivity contribution in [2.24, 2.45) is 0 Å². The second-order valence-electron chi connectivity index (χ2n) is 7.06. The number of nitrogens with zero attached hydrogens (tertiary/aromatic N) is 4. The summed E-state index contributed by atoms with van der Waals surface area (Å²) in [6.45, 7) is 1.65. The molecule has 158 valence electrons. The van der Waals surface area contributed by atoms with E-state index in [1.807, 2.05) is 0 Å². The van der Waals surface area contributed by atoms with Crippen LogP contribution < -0.4 is 5.32 Å². The van der Waals surface area contributed by atoms with E-state index in [1.54, 1.807) is 29.8 Å². The number of hydrogen-bond acceptors (Lipinski definition) is 4. The maximum absolute atomic E-state index is 14.0. The molecule has 0 radical (unpaired) electrons. The van der Waals surface area contributed by atoms with Gasteiger partial charge >= 0.3 is 0 Å². The lowest BCUT2D eigenvalue weighted by Gasteiger charge is -2.12. The molecule has 0 unspecified atom stereocenters. The Bertz CT molecular complexity index is 1310. The third-order valence-corrected chi connectivity index (χ3v) is 4.89. The number of nitrogens with one attached hydrogen (secondary N) is 1. The van der Waals surface area contributed by atoms with Crippen molar-refractivity contribution < 1.29 is 18.5 Å². The van der Waals surface area contributed by atoms with E-state index in [0.717, 1.165) is 18.2 Å². The van der Waals surface area contributed by atoms with Crippen LogP contribution in [0.15, 0.2) is 54.9 Å². The molecule has 0 saturated heterocycles. The van der Waals surface area contributed by atoms with Gasteiger partial charge < -0.3 is 9.88 Å². The van der Waals surface area contributed by atoms with Gasteiger partial charge in [-0.1, -0.05) is 0 Å². The number of benzene rings is 2. The van der Waals surface area contributed by atoms with Gasteiger partial charge in [0.25, 0.3) is 5.69 Å². The molecule has 0 aliphatic carbocycles. The van der Waals surface area contributed by atoms with Crippen molar-refractivity contribution in [2.45, 2.75) is 20.0 Å². The smallest absolute Gasteiger partial charge is 0.270 e. The second-order valence-corrected chi connectivity index (χ2v) is 7.06. The minimum atomic E-state index is -0.570. The summed E-state index contributed by atoms with van der Waals surface area (Å²) in [6.07, 6.45) is 3.19. The van der Waals surface area contributed by atoms with E-state index in [2.05, 4.69) is 10.4 Å². The number of anilines is 1. The highest BCUT2D eigenvalue weighted by Gasteiger charge is 2.15. The van der Waals surface area contributed by atoms with Gasteiger partial charge in [0.1, 0.15) is 24.0 Å². The van der Waals surface area contributed by atoms with Gasteiger partial charge in [0.05, 0.1) is 17.7 Å². The highest BCUT2D eigenvalue weighted by molar-refractivity contribution is 5.92. The average Bonchev–Trinajstić information content (AvgIpc) is 3.28. The summed E-state index contributed by atoms with van der Waals surface area (Å²) in [5, 5.41) is 18.5. The van der Waals surface area contributed by atoms with Gasteiger partial charge in [-0.05, 0) is 37.3 Å². The summed E-state index contributed by atoms with van der Waals surface area (Å²) < 4.78 is 30.5. The number of aryl methyl sites for hydroxylation is 1. The molecular weight excluding hydrogens is 408 g/mol. The van der Waals surface area contributed by atoms with E-state index < -0.39 is 16.6 Å². The molecule has 1 amide bonds. The van der Waals surface area contributed by atoms with Crippen molar-refractivity contribution >= 4 is 28.3 Å². The molecular formula is C21H17F2N5O3. The van der Waals surface area contributed by atoms with Gasteiger partial charge in [-0.3, -0.25) is 14.9 Å². The fourth-order valence-electron chi connectivity index (χ4n) is 3.35.